The molecule has 0 aliphatic heterocycles. The molecule has 0 bridgehead atoms. The van der Waals surface area contributed by atoms with Crippen molar-refractivity contribution in [3.63, 3.8) is 0 Å². The molecule has 1 nitrogen and oxygen atoms in total. The van der Waals surface area contributed by atoms with Crippen LogP contribution in [0.4, 0.5) is 0 Å². The first-order valence-electron chi connectivity index (χ1n) is 3.46. The van der Waals surface area contributed by atoms with E-state index in [9.17, 15) is 0 Å². The van der Waals surface area contributed by atoms with Crippen LogP contribution in [0.5, 0.6) is 0 Å². The number of hydrogen-bond acceptors (Lipinski definition) is 1. The molecule has 0 radical (unpaired) electrons. The summed E-state index contributed by atoms with van der Waals surface area (Å²) in [7, 11) is 0. The van der Waals surface area contributed by atoms with E-state index in [2.05, 4.69) is 62.3 Å². The number of halogens is 2. The molecule has 1 saturated carbocycles. The van der Waals surface area contributed by atoms with Crippen LogP contribution in [0, 0.1) is 5.92 Å². The average molecular weight is 365 g/mol. The second-order valence-electron chi connectivity index (χ2n) is 2.73. The van der Waals surface area contributed by atoms with Crippen molar-refractivity contribution in [2.75, 3.05) is 0 Å². The Morgan fingerprint density at radius 1 is 1.40 bits per heavy atom. The second-order valence-corrected chi connectivity index (χ2v) is 2.73. The van der Waals surface area contributed by atoms with Crippen LogP contribution in [-0.4, -0.2) is 12.3 Å². The lowest BCUT2D eigenvalue weighted by Crippen LogP contribution is -1.88. The van der Waals surface area contributed by atoms with Crippen LogP contribution in [0.15, 0.2) is 4.99 Å². The standard InChI is InChI=1S/C7H13N.I2/c1-6(2)8-5-7-3-4-7;1-2/h5-7H,3-4H2,1-2H3;. The van der Waals surface area contributed by atoms with Crippen LogP contribution in [0.25, 0.3) is 0 Å². The van der Waals surface area contributed by atoms with E-state index in [0.717, 1.165) is 5.92 Å². The van der Waals surface area contributed by atoms with Crippen molar-refractivity contribution in [3.05, 3.63) is 0 Å². The van der Waals surface area contributed by atoms with Gasteiger partial charge in [0.25, 0.3) is 0 Å². The quantitative estimate of drug-likeness (QED) is 0.524. The summed E-state index contributed by atoms with van der Waals surface area (Å²) in [5.41, 5.74) is 0. The van der Waals surface area contributed by atoms with Crippen molar-refractivity contribution < 1.29 is 0 Å². The normalized spacial score (nSPS) is 17.3. The Kier molecular flexibility index (Phi) is 7.59. The van der Waals surface area contributed by atoms with Crippen molar-refractivity contribution in [2.45, 2.75) is 32.7 Å². The molecular formula is C7H13I2N. The van der Waals surface area contributed by atoms with Crippen LogP contribution in [0.1, 0.15) is 26.7 Å². The van der Waals surface area contributed by atoms with Crippen molar-refractivity contribution in [2.24, 2.45) is 10.9 Å². The Morgan fingerprint density at radius 2 is 1.90 bits per heavy atom. The Morgan fingerprint density at radius 3 is 2.20 bits per heavy atom. The third-order valence-electron chi connectivity index (χ3n) is 1.22. The van der Waals surface area contributed by atoms with Gasteiger partial charge in [-0.25, -0.2) is 0 Å². The molecule has 1 aliphatic rings. The van der Waals surface area contributed by atoms with E-state index in [1.807, 2.05) is 0 Å². The third kappa shape index (κ3) is 7.24. The van der Waals surface area contributed by atoms with Gasteiger partial charge in [-0.3, -0.25) is 4.99 Å². The van der Waals surface area contributed by atoms with E-state index in [-0.39, 0.29) is 0 Å². The highest BCUT2D eigenvalue weighted by Crippen LogP contribution is 2.26. The first-order chi connectivity index (χ1) is 4.79. The van der Waals surface area contributed by atoms with Gasteiger partial charge in [0.05, 0.1) is 0 Å². The molecule has 1 fully saturated rings. The minimum atomic E-state index is 0.496. The number of hydrogen-bond donors (Lipinski definition) is 0. The highest BCUT2D eigenvalue weighted by Gasteiger charge is 2.17. The fourth-order valence-electron chi connectivity index (χ4n) is 0.539. The summed E-state index contributed by atoms with van der Waals surface area (Å²) in [6, 6.07) is 0.496. The summed E-state index contributed by atoms with van der Waals surface area (Å²) in [5, 5.41) is 0. The third-order valence-corrected chi connectivity index (χ3v) is 1.22. The molecule has 0 unspecified atom stereocenters. The number of aliphatic imine (C=N–C) groups is 1. The smallest absolute Gasteiger partial charge is 0.0439 e. The predicted octanol–water partition coefficient (Wildman–Crippen LogP) is 3.65. The van der Waals surface area contributed by atoms with Gasteiger partial charge in [-0.2, -0.15) is 0 Å². The van der Waals surface area contributed by atoms with E-state index in [4.69, 9.17) is 0 Å². The van der Waals surface area contributed by atoms with Crippen molar-refractivity contribution >= 4 is 43.4 Å². The molecule has 10 heavy (non-hydrogen) atoms. The molecule has 0 amide bonds. The molecule has 0 saturated heterocycles. The van der Waals surface area contributed by atoms with Crippen LogP contribution in [0.2, 0.25) is 0 Å². The second kappa shape index (κ2) is 6.82. The summed E-state index contributed by atoms with van der Waals surface area (Å²) >= 11 is 4.24. The van der Waals surface area contributed by atoms with Gasteiger partial charge in [0.1, 0.15) is 0 Å². The highest BCUT2D eigenvalue weighted by atomic mass is 128. The maximum atomic E-state index is 4.26. The van der Waals surface area contributed by atoms with Gasteiger partial charge in [0.2, 0.25) is 0 Å². The van der Waals surface area contributed by atoms with E-state index in [1.54, 1.807) is 0 Å². The molecule has 0 aromatic carbocycles. The van der Waals surface area contributed by atoms with Crippen LogP contribution in [0.3, 0.4) is 0 Å². The molecule has 0 N–H and O–H groups in total. The van der Waals surface area contributed by atoms with Gasteiger partial charge in [0, 0.05) is 49.5 Å². The number of rotatable bonds is 2. The van der Waals surface area contributed by atoms with Crippen molar-refractivity contribution in [3.8, 4) is 0 Å². The monoisotopic (exact) mass is 365 g/mol. The zero-order valence-electron chi connectivity index (χ0n) is 6.35. The average Bonchev–Trinajstić information content (AvgIpc) is 2.70. The lowest BCUT2D eigenvalue weighted by molar-refractivity contribution is 0.834. The van der Waals surface area contributed by atoms with Crippen molar-refractivity contribution in [1.29, 1.82) is 0 Å². The maximum Gasteiger partial charge on any atom is 0.0439 e. The molecule has 0 aromatic rings. The van der Waals surface area contributed by atoms with Gasteiger partial charge >= 0.3 is 0 Å². The highest BCUT2D eigenvalue weighted by molar-refractivity contribution is 15.0. The fourth-order valence-corrected chi connectivity index (χ4v) is 0.539. The fraction of sp³-hybridized carbons (Fsp3) is 0.857. The van der Waals surface area contributed by atoms with E-state index in [1.165, 1.54) is 12.8 Å². The summed E-state index contributed by atoms with van der Waals surface area (Å²) in [5.74, 6) is 0.845. The Balaban J connectivity index is 0.000000371. The summed E-state index contributed by atoms with van der Waals surface area (Å²) in [6.07, 6.45) is 4.84. The minimum absolute atomic E-state index is 0.496. The van der Waals surface area contributed by atoms with Gasteiger partial charge < -0.3 is 0 Å². The lowest BCUT2D eigenvalue weighted by Gasteiger charge is -1.90. The Bertz CT molecular complexity index is 93.8. The molecule has 60 valence electrons. The molecule has 0 spiro atoms. The predicted molar refractivity (Wildman–Crippen MR) is 64.4 cm³/mol. The molecular weight excluding hydrogens is 352 g/mol. The molecule has 0 heterocycles. The largest absolute Gasteiger partial charge is 0.295 e. The Labute approximate surface area is 86.4 Å². The van der Waals surface area contributed by atoms with Gasteiger partial charge in [0.15, 0.2) is 0 Å². The van der Waals surface area contributed by atoms with E-state index in [0.29, 0.717) is 6.04 Å². The summed E-state index contributed by atoms with van der Waals surface area (Å²) < 4.78 is 0. The zero-order valence-corrected chi connectivity index (χ0v) is 10.7. The molecule has 1 aliphatic carbocycles. The number of nitrogens with zero attached hydrogens (tertiary/aromatic N) is 1. The molecule has 1 rings (SSSR count). The zero-order chi connectivity index (χ0) is 7.98. The minimum Gasteiger partial charge on any atom is -0.295 e. The molecule has 0 atom stereocenters. The maximum absolute atomic E-state index is 4.26. The van der Waals surface area contributed by atoms with E-state index >= 15 is 0 Å². The Hall–Kier alpha value is 1.13. The molecule has 3 heteroatoms. The molecule has 0 aromatic heterocycles. The van der Waals surface area contributed by atoms with Crippen LogP contribution < -0.4 is 0 Å². The van der Waals surface area contributed by atoms with Gasteiger partial charge in [-0.1, -0.05) is 0 Å². The first kappa shape index (κ1) is 11.1. The van der Waals surface area contributed by atoms with E-state index < -0.39 is 0 Å². The topological polar surface area (TPSA) is 12.4 Å². The van der Waals surface area contributed by atoms with Gasteiger partial charge in [-0.15, -0.1) is 0 Å². The van der Waals surface area contributed by atoms with Gasteiger partial charge in [-0.05, 0) is 32.6 Å². The first-order valence-corrected chi connectivity index (χ1v) is 9.75. The summed E-state index contributed by atoms with van der Waals surface area (Å²) in [6.45, 7) is 4.22. The summed E-state index contributed by atoms with van der Waals surface area (Å²) in [4.78, 5) is 4.26. The van der Waals surface area contributed by atoms with Crippen LogP contribution in [-0.2, 0) is 0 Å². The SMILES string of the molecule is CC(C)N=CC1CC1.II. The van der Waals surface area contributed by atoms with Crippen molar-refractivity contribution in [1.82, 2.24) is 0 Å². The lowest BCUT2D eigenvalue weighted by atomic mass is 10.4. The van der Waals surface area contributed by atoms with Crippen LogP contribution >= 0.6 is 37.2 Å².